The summed E-state index contributed by atoms with van der Waals surface area (Å²) in [6.45, 7) is 4.80. The molecule has 0 radical (unpaired) electrons. The van der Waals surface area contributed by atoms with E-state index in [0.717, 1.165) is 12.8 Å². The van der Waals surface area contributed by atoms with Crippen molar-refractivity contribution >= 4 is 17.2 Å². The van der Waals surface area contributed by atoms with E-state index in [1.54, 1.807) is 10.9 Å². The molecule has 1 aromatic heterocycles. The third kappa shape index (κ3) is 2.80. The average Bonchev–Trinajstić information content (AvgIpc) is 2.68. The van der Waals surface area contributed by atoms with Crippen LogP contribution in [0.5, 0.6) is 0 Å². The SMILES string of the molecule is CC1(C)CC(NC(=O)c2cscn2)CCO1. The minimum absolute atomic E-state index is 0.0797. The molecule has 1 aliphatic heterocycles. The van der Waals surface area contributed by atoms with Crippen LogP contribution in [0.2, 0.25) is 0 Å². The average molecular weight is 240 g/mol. The number of nitrogens with zero attached hydrogens (tertiary/aromatic N) is 1. The Hall–Kier alpha value is -0.940. The first-order valence-corrected chi connectivity index (χ1v) is 6.34. The van der Waals surface area contributed by atoms with Crippen molar-refractivity contribution in [2.24, 2.45) is 0 Å². The molecule has 1 atom stereocenters. The highest BCUT2D eigenvalue weighted by atomic mass is 32.1. The number of ether oxygens (including phenoxy) is 1. The second kappa shape index (κ2) is 4.51. The molecule has 2 rings (SSSR count). The molecule has 1 aliphatic rings. The van der Waals surface area contributed by atoms with Crippen molar-refractivity contribution in [3.05, 3.63) is 16.6 Å². The van der Waals surface area contributed by atoms with Gasteiger partial charge in [0, 0.05) is 18.0 Å². The van der Waals surface area contributed by atoms with E-state index in [4.69, 9.17) is 4.74 Å². The molecule has 16 heavy (non-hydrogen) atoms. The number of carbonyl (C=O) groups excluding carboxylic acids is 1. The van der Waals surface area contributed by atoms with E-state index in [0.29, 0.717) is 12.3 Å². The second-order valence-corrected chi connectivity index (χ2v) is 5.36. The number of rotatable bonds is 2. The number of amides is 1. The van der Waals surface area contributed by atoms with E-state index in [-0.39, 0.29) is 17.6 Å². The zero-order valence-corrected chi connectivity index (χ0v) is 10.3. The molecule has 1 amide bonds. The summed E-state index contributed by atoms with van der Waals surface area (Å²) in [6, 6.07) is 0.193. The van der Waals surface area contributed by atoms with Crippen molar-refractivity contribution in [1.82, 2.24) is 10.3 Å². The molecular formula is C11H16N2O2S. The van der Waals surface area contributed by atoms with Gasteiger partial charge in [0.05, 0.1) is 11.1 Å². The third-order valence-electron chi connectivity index (χ3n) is 2.70. The van der Waals surface area contributed by atoms with E-state index in [1.165, 1.54) is 11.3 Å². The zero-order chi connectivity index (χ0) is 11.6. The molecule has 1 N–H and O–H groups in total. The summed E-state index contributed by atoms with van der Waals surface area (Å²) < 4.78 is 5.60. The van der Waals surface area contributed by atoms with E-state index in [2.05, 4.69) is 10.3 Å². The van der Waals surface area contributed by atoms with Gasteiger partial charge in [-0.3, -0.25) is 4.79 Å². The number of hydrogen-bond donors (Lipinski definition) is 1. The van der Waals surface area contributed by atoms with E-state index in [9.17, 15) is 4.79 Å². The van der Waals surface area contributed by atoms with Crippen LogP contribution in [0, 0.1) is 0 Å². The van der Waals surface area contributed by atoms with Crippen LogP contribution in [0.25, 0.3) is 0 Å². The number of nitrogens with one attached hydrogen (secondary N) is 1. The Balaban J connectivity index is 1.92. The lowest BCUT2D eigenvalue weighted by atomic mass is 9.94. The van der Waals surface area contributed by atoms with Crippen molar-refractivity contribution in [2.75, 3.05) is 6.61 Å². The van der Waals surface area contributed by atoms with Gasteiger partial charge < -0.3 is 10.1 Å². The molecule has 4 nitrogen and oxygen atoms in total. The van der Waals surface area contributed by atoms with Crippen molar-refractivity contribution in [1.29, 1.82) is 0 Å². The first kappa shape index (κ1) is 11.5. The maximum atomic E-state index is 11.8. The van der Waals surface area contributed by atoms with Crippen molar-refractivity contribution in [3.63, 3.8) is 0 Å². The Labute approximate surface area is 99.0 Å². The molecule has 1 unspecified atom stereocenters. The Morgan fingerprint density at radius 2 is 2.50 bits per heavy atom. The van der Waals surface area contributed by atoms with Gasteiger partial charge in [-0.1, -0.05) is 0 Å². The largest absolute Gasteiger partial charge is 0.375 e. The monoisotopic (exact) mass is 240 g/mol. The fraction of sp³-hybridized carbons (Fsp3) is 0.636. The highest BCUT2D eigenvalue weighted by Crippen LogP contribution is 2.24. The molecular weight excluding hydrogens is 224 g/mol. The Kier molecular flexibility index (Phi) is 3.25. The summed E-state index contributed by atoms with van der Waals surface area (Å²) in [5, 5.41) is 4.77. The maximum Gasteiger partial charge on any atom is 0.270 e. The van der Waals surface area contributed by atoms with Gasteiger partial charge >= 0.3 is 0 Å². The minimum Gasteiger partial charge on any atom is -0.375 e. The summed E-state index contributed by atoms with van der Waals surface area (Å²) in [5.41, 5.74) is 2.04. The summed E-state index contributed by atoms with van der Waals surface area (Å²) in [7, 11) is 0. The summed E-state index contributed by atoms with van der Waals surface area (Å²) in [5.74, 6) is -0.0797. The predicted octanol–water partition coefficient (Wildman–Crippen LogP) is 1.83. The molecule has 1 aromatic rings. The van der Waals surface area contributed by atoms with Gasteiger partial charge in [-0.15, -0.1) is 11.3 Å². The second-order valence-electron chi connectivity index (χ2n) is 4.65. The number of aromatic nitrogens is 1. The molecule has 0 saturated carbocycles. The summed E-state index contributed by atoms with van der Waals surface area (Å²) >= 11 is 1.43. The molecule has 0 spiro atoms. The summed E-state index contributed by atoms with van der Waals surface area (Å²) in [4.78, 5) is 15.8. The maximum absolute atomic E-state index is 11.8. The van der Waals surface area contributed by atoms with Gasteiger partial charge in [0.25, 0.3) is 5.91 Å². The van der Waals surface area contributed by atoms with Crippen LogP contribution < -0.4 is 5.32 Å². The normalized spacial score (nSPS) is 24.0. The highest BCUT2D eigenvalue weighted by molar-refractivity contribution is 7.07. The van der Waals surface area contributed by atoms with Crippen LogP contribution in [-0.4, -0.2) is 29.1 Å². The quantitative estimate of drug-likeness (QED) is 0.858. The van der Waals surface area contributed by atoms with Crippen LogP contribution in [0.15, 0.2) is 10.9 Å². The van der Waals surface area contributed by atoms with Crippen LogP contribution in [0.4, 0.5) is 0 Å². The fourth-order valence-electron chi connectivity index (χ4n) is 1.94. The molecule has 0 bridgehead atoms. The van der Waals surface area contributed by atoms with Gasteiger partial charge in [-0.2, -0.15) is 0 Å². The lowest BCUT2D eigenvalue weighted by Gasteiger charge is -2.35. The first-order valence-electron chi connectivity index (χ1n) is 5.40. The molecule has 0 aromatic carbocycles. The topological polar surface area (TPSA) is 51.2 Å². The predicted molar refractivity (Wildman–Crippen MR) is 62.6 cm³/mol. The minimum atomic E-state index is -0.141. The van der Waals surface area contributed by atoms with Gasteiger partial charge in [-0.25, -0.2) is 4.98 Å². The molecule has 1 fully saturated rings. The smallest absolute Gasteiger partial charge is 0.270 e. The molecule has 88 valence electrons. The number of hydrogen-bond acceptors (Lipinski definition) is 4. The highest BCUT2D eigenvalue weighted by Gasteiger charge is 2.29. The van der Waals surface area contributed by atoms with Gasteiger partial charge in [0.15, 0.2) is 0 Å². The van der Waals surface area contributed by atoms with Crippen molar-refractivity contribution in [3.8, 4) is 0 Å². The number of carbonyl (C=O) groups is 1. The molecule has 5 heteroatoms. The number of thiazole rings is 1. The van der Waals surface area contributed by atoms with E-state index >= 15 is 0 Å². The van der Waals surface area contributed by atoms with E-state index in [1.807, 2.05) is 13.8 Å². The zero-order valence-electron chi connectivity index (χ0n) is 9.53. The van der Waals surface area contributed by atoms with Crippen LogP contribution in [0.1, 0.15) is 37.2 Å². The Bertz CT molecular complexity index is 362. The molecule has 0 aliphatic carbocycles. The first-order chi connectivity index (χ1) is 7.57. The van der Waals surface area contributed by atoms with Gasteiger partial charge in [0.1, 0.15) is 5.69 Å². The lowest BCUT2D eigenvalue weighted by Crippen LogP contribution is -2.45. The van der Waals surface area contributed by atoms with Gasteiger partial charge in [-0.05, 0) is 26.7 Å². The fourth-order valence-corrected chi connectivity index (χ4v) is 2.47. The molecule has 2 heterocycles. The van der Waals surface area contributed by atoms with Crippen molar-refractivity contribution < 1.29 is 9.53 Å². The van der Waals surface area contributed by atoms with Crippen LogP contribution in [-0.2, 0) is 4.74 Å². The Morgan fingerprint density at radius 1 is 1.69 bits per heavy atom. The van der Waals surface area contributed by atoms with Gasteiger partial charge in [0.2, 0.25) is 0 Å². The van der Waals surface area contributed by atoms with E-state index < -0.39 is 0 Å². The standard InChI is InChI=1S/C11H16N2O2S/c1-11(2)5-8(3-4-15-11)13-10(14)9-6-16-7-12-9/h6-8H,3-5H2,1-2H3,(H,13,14). The van der Waals surface area contributed by atoms with Crippen LogP contribution >= 0.6 is 11.3 Å². The summed E-state index contributed by atoms with van der Waals surface area (Å²) in [6.07, 6.45) is 1.72. The lowest BCUT2D eigenvalue weighted by molar-refractivity contribution is -0.0615. The van der Waals surface area contributed by atoms with Crippen molar-refractivity contribution in [2.45, 2.75) is 38.3 Å². The van der Waals surface area contributed by atoms with Crippen LogP contribution in [0.3, 0.4) is 0 Å². The third-order valence-corrected chi connectivity index (χ3v) is 3.28. The molecule has 1 saturated heterocycles. The Morgan fingerprint density at radius 3 is 3.12 bits per heavy atom.